The molecule has 1 amide bonds. The zero-order valence-corrected chi connectivity index (χ0v) is 8.91. The van der Waals surface area contributed by atoms with Crippen molar-refractivity contribution in [1.29, 1.82) is 0 Å². The lowest BCUT2D eigenvalue weighted by molar-refractivity contribution is -0.274. The molecule has 0 fully saturated rings. The number of para-hydroxylation sites is 2. The predicted molar refractivity (Wildman–Crippen MR) is 55.4 cm³/mol. The minimum Gasteiger partial charge on any atom is -0.404 e. The summed E-state index contributed by atoms with van der Waals surface area (Å²) in [6.45, 7) is 1.42. The van der Waals surface area contributed by atoms with Crippen LogP contribution in [0.1, 0.15) is 6.92 Å². The molecule has 0 saturated heterocycles. The van der Waals surface area contributed by atoms with E-state index in [0.717, 1.165) is 6.07 Å². The van der Waals surface area contributed by atoms with Gasteiger partial charge < -0.3 is 15.8 Å². The molecule has 1 rings (SSSR count). The van der Waals surface area contributed by atoms with Gasteiger partial charge in [0.1, 0.15) is 0 Å². The first-order chi connectivity index (χ1) is 7.79. The highest BCUT2D eigenvalue weighted by Gasteiger charge is 2.32. The molecule has 1 aromatic carbocycles. The third-order valence-electron chi connectivity index (χ3n) is 1.78. The largest absolute Gasteiger partial charge is 0.573 e. The van der Waals surface area contributed by atoms with E-state index in [1.54, 1.807) is 0 Å². The Bertz CT molecular complexity index is 405. The van der Waals surface area contributed by atoms with Crippen molar-refractivity contribution in [3.05, 3.63) is 24.3 Å². The van der Waals surface area contributed by atoms with Gasteiger partial charge in [0.15, 0.2) is 5.75 Å². The van der Waals surface area contributed by atoms with Gasteiger partial charge in [-0.3, -0.25) is 4.79 Å². The Morgan fingerprint density at radius 3 is 2.53 bits per heavy atom. The van der Waals surface area contributed by atoms with E-state index < -0.39 is 24.1 Å². The van der Waals surface area contributed by atoms with E-state index >= 15 is 0 Å². The highest BCUT2D eigenvalue weighted by Crippen LogP contribution is 2.29. The molecule has 94 valence electrons. The first-order valence-electron chi connectivity index (χ1n) is 4.71. The number of hydrogen-bond acceptors (Lipinski definition) is 3. The highest BCUT2D eigenvalue weighted by atomic mass is 19.4. The number of carbonyl (C=O) groups excluding carboxylic acids is 1. The molecule has 7 heteroatoms. The van der Waals surface area contributed by atoms with Crippen LogP contribution < -0.4 is 15.8 Å². The van der Waals surface area contributed by atoms with Crippen molar-refractivity contribution < 1.29 is 22.7 Å². The molecule has 3 N–H and O–H groups in total. The molecule has 1 unspecified atom stereocenters. The first kappa shape index (κ1) is 13.3. The van der Waals surface area contributed by atoms with E-state index in [9.17, 15) is 18.0 Å². The van der Waals surface area contributed by atoms with Crippen LogP contribution in [0.25, 0.3) is 0 Å². The summed E-state index contributed by atoms with van der Waals surface area (Å²) in [5.41, 5.74) is 5.21. The maximum absolute atomic E-state index is 12.1. The lowest BCUT2D eigenvalue weighted by atomic mass is 10.2. The standard InChI is InChI=1S/C10H11F3N2O2/c1-6(14)9(16)15-7-4-2-3-5-8(7)17-10(11,12)13/h2-6H,14H2,1H3,(H,15,16). The van der Waals surface area contributed by atoms with E-state index in [0.29, 0.717) is 0 Å². The number of rotatable bonds is 3. The van der Waals surface area contributed by atoms with Gasteiger partial charge in [0.2, 0.25) is 5.91 Å². The van der Waals surface area contributed by atoms with Crippen LogP contribution in [0.2, 0.25) is 0 Å². The Morgan fingerprint density at radius 2 is 2.00 bits per heavy atom. The summed E-state index contributed by atoms with van der Waals surface area (Å²) in [6, 6.07) is 4.41. The van der Waals surface area contributed by atoms with Crippen LogP contribution >= 0.6 is 0 Å². The third kappa shape index (κ3) is 4.31. The molecule has 0 saturated carbocycles. The number of amides is 1. The number of nitrogens with two attached hydrogens (primary N) is 1. The quantitative estimate of drug-likeness (QED) is 0.858. The topological polar surface area (TPSA) is 64.4 Å². The summed E-state index contributed by atoms with van der Waals surface area (Å²) in [4.78, 5) is 11.3. The van der Waals surface area contributed by atoms with E-state index in [-0.39, 0.29) is 5.69 Å². The second kappa shape index (κ2) is 5.05. The molecule has 17 heavy (non-hydrogen) atoms. The number of carbonyl (C=O) groups is 1. The summed E-state index contributed by atoms with van der Waals surface area (Å²) in [5, 5.41) is 2.24. The van der Waals surface area contributed by atoms with Gasteiger partial charge in [-0.2, -0.15) is 0 Å². The zero-order chi connectivity index (χ0) is 13.1. The number of alkyl halides is 3. The summed E-state index contributed by atoms with van der Waals surface area (Å²) in [7, 11) is 0. The van der Waals surface area contributed by atoms with Gasteiger partial charge in [-0.15, -0.1) is 13.2 Å². The van der Waals surface area contributed by atoms with Crippen LogP contribution in [0.4, 0.5) is 18.9 Å². The lowest BCUT2D eigenvalue weighted by Crippen LogP contribution is -2.32. The monoisotopic (exact) mass is 248 g/mol. The zero-order valence-electron chi connectivity index (χ0n) is 8.91. The third-order valence-corrected chi connectivity index (χ3v) is 1.78. The van der Waals surface area contributed by atoms with E-state index in [1.165, 1.54) is 25.1 Å². The second-order valence-corrected chi connectivity index (χ2v) is 3.32. The summed E-state index contributed by atoms with van der Waals surface area (Å²) >= 11 is 0. The molecule has 0 bridgehead atoms. The van der Waals surface area contributed by atoms with Crippen LogP contribution in [-0.4, -0.2) is 18.3 Å². The summed E-state index contributed by atoms with van der Waals surface area (Å²) < 4.78 is 39.9. The summed E-state index contributed by atoms with van der Waals surface area (Å²) in [5.74, 6) is -1.07. The van der Waals surface area contributed by atoms with Crippen LogP contribution in [0.5, 0.6) is 5.75 Å². The highest BCUT2D eigenvalue weighted by molar-refractivity contribution is 5.95. The molecule has 0 spiro atoms. The van der Waals surface area contributed by atoms with Gasteiger partial charge in [0.05, 0.1) is 11.7 Å². The molecule has 0 radical (unpaired) electrons. The molecular weight excluding hydrogens is 237 g/mol. The van der Waals surface area contributed by atoms with E-state index in [1.807, 2.05) is 0 Å². The number of benzene rings is 1. The fourth-order valence-corrected chi connectivity index (χ4v) is 1.03. The first-order valence-corrected chi connectivity index (χ1v) is 4.71. The Hall–Kier alpha value is -1.76. The predicted octanol–water partition coefficient (Wildman–Crippen LogP) is 1.87. The van der Waals surface area contributed by atoms with Crippen molar-refractivity contribution in [3.63, 3.8) is 0 Å². The molecular formula is C10H11F3N2O2. The Morgan fingerprint density at radius 1 is 1.41 bits per heavy atom. The van der Waals surface area contributed by atoms with Crippen molar-refractivity contribution in [2.24, 2.45) is 5.73 Å². The van der Waals surface area contributed by atoms with Crippen LogP contribution in [0, 0.1) is 0 Å². The molecule has 1 aromatic rings. The molecule has 0 aromatic heterocycles. The molecule has 0 aliphatic heterocycles. The fourth-order valence-electron chi connectivity index (χ4n) is 1.03. The number of halogens is 3. The summed E-state index contributed by atoms with van der Waals surface area (Å²) in [6.07, 6.45) is -4.81. The minimum atomic E-state index is -4.81. The number of nitrogens with one attached hydrogen (secondary N) is 1. The molecule has 0 heterocycles. The van der Waals surface area contributed by atoms with Crippen LogP contribution in [0.3, 0.4) is 0 Å². The van der Waals surface area contributed by atoms with Crippen molar-refractivity contribution in [3.8, 4) is 5.75 Å². The molecule has 1 atom stereocenters. The SMILES string of the molecule is CC(N)C(=O)Nc1ccccc1OC(F)(F)F. The average molecular weight is 248 g/mol. The molecule has 0 aliphatic rings. The van der Waals surface area contributed by atoms with Gasteiger partial charge >= 0.3 is 6.36 Å². The van der Waals surface area contributed by atoms with Crippen molar-refractivity contribution in [2.45, 2.75) is 19.3 Å². The van der Waals surface area contributed by atoms with E-state index in [4.69, 9.17) is 5.73 Å². The van der Waals surface area contributed by atoms with Gasteiger partial charge in [-0.1, -0.05) is 12.1 Å². The Labute approximate surface area is 95.6 Å². The van der Waals surface area contributed by atoms with Gasteiger partial charge in [0, 0.05) is 0 Å². The smallest absolute Gasteiger partial charge is 0.404 e. The second-order valence-electron chi connectivity index (χ2n) is 3.32. The number of ether oxygens (including phenoxy) is 1. The van der Waals surface area contributed by atoms with E-state index in [2.05, 4.69) is 10.1 Å². The maximum atomic E-state index is 12.1. The van der Waals surface area contributed by atoms with Crippen LogP contribution in [-0.2, 0) is 4.79 Å². The van der Waals surface area contributed by atoms with Gasteiger partial charge in [-0.25, -0.2) is 0 Å². The average Bonchev–Trinajstić information content (AvgIpc) is 2.18. The Balaban J connectivity index is 2.89. The number of anilines is 1. The molecule has 4 nitrogen and oxygen atoms in total. The molecule has 0 aliphatic carbocycles. The number of hydrogen-bond donors (Lipinski definition) is 2. The van der Waals surface area contributed by atoms with Gasteiger partial charge in [-0.05, 0) is 19.1 Å². The fraction of sp³-hybridized carbons (Fsp3) is 0.300. The maximum Gasteiger partial charge on any atom is 0.573 e. The van der Waals surface area contributed by atoms with Crippen molar-refractivity contribution >= 4 is 11.6 Å². The minimum absolute atomic E-state index is 0.0767. The van der Waals surface area contributed by atoms with Crippen LogP contribution in [0.15, 0.2) is 24.3 Å². The van der Waals surface area contributed by atoms with Gasteiger partial charge in [0.25, 0.3) is 0 Å². The van der Waals surface area contributed by atoms with Crippen molar-refractivity contribution in [1.82, 2.24) is 0 Å². The normalized spacial score (nSPS) is 13.0. The van der Waals surface area contributed by atoms with Crippen molar-refractivity contribution in [2.75, 3.05) is 5.32 Å². The Kier molecular flexibility index (Phi) is 3.95. The lowest BCUT2D eigenvalue weighted by Gasteiger charge is -2.14.